The molecule has 1 aliphatic heterocycles. The normalized spacial score (nSPS) is 32.8. The second kappa shape index (κ2) is 9.25. The van der Waals surface area contributed by atoms with E-state index in [1.807, 2.05) is 0 Å². The van der Waals surface area contributed by atoms with E-state index in [1.54, 1.807) is 4.98 Å². The predicted octanol–water partition coefficient (Wildman–Crippen LogP) is -2.71. The highest BCUT2D eigenvalue weighted by Gasteiger charge is 2.57. The minimum atomic E-state index is -5.96. The lowest BCUT2D eigenvalue weighted by atomic mass is 10.1. The summed E-state index contributed by atoms with van der Waals surface area (Å²) in [7, 11) is -17.6. The number of rotatable bonds is 9. The first-order valence-electron chi connectivity index (χ1n) is 8.25. The van der Waals surface area contributed by atoms with Crippen LogP contribution in [0.15, 0.2) is 15.8 Å². The van der Waals surface area contributed by atoms with Crippen LogP contribution in [0.3, 0.4) is 0 Å². The van der Waals surface area contributed by atoms with E-state index in [-0.39, 0.29) is 4.57 Å². The van der Waals surface area contributed by atoms with Crippen LogP contribution in [0, 0.1) is 0 Å². The molecule has 22 heteroatoms. The maximum atomic E-state index is 15.1. The van der Waals surface area contributed by atoms with Crippen molar-refractivity contribution in [3.05, 3.63) is 32.6 Å². The molecule has 2 unspecified atom stereocenters. The number of hydrogen-bond acceptors (Lipinski definition) is 12. The fraction of sp³-hybridized carbons (Fsp3) is 0.600. The third-order valence-electron chi connectivity index (χ3n) is 3.53. The van der Waals surface area contributed by atoms with Gasteiger partial charge in [0.25, 0.3) is 11.4 Å². The van der Waals surface area contributed by atoms with Gasteiger partial charge in [-0.15, -0.1) is 0 Å². The van der Waals surface area contributed by atoms with Gasteiger partial charge >= 0.3 is 29.2 Å². The fourth-order valence-electron chi connectivity index (χ4n) is 2.23. The summed E-state index contributed by atoms with van der Waals surface area (Å²) in [5, 5.41) is 29.1. The largest absolute Gasteiger partial charge is 0.490 e. The van der Waals surface area contributed by atoms with Crippen LogP contribution in [-0.2, 0) is 38.2 Å². The molecule has 1 fully saturated rings. The number of halogens is 1. The SMILES string of the molecule is [2H][C@@]1(n2cc(CO)c(=O)[nH]c2=O)O[C@](F)(COP(=O)(O)OP(=O)(O)OP(=O)(O)O)[C@@H](O)[C@H]1O. The summed E-state index contributed by atoms with van der Waals surface area (Å²) in [6.07, 6.45) is -8.18. The Morgan fingerprint density at radius 1 is 1.19 bits per heavy atom. The van der Waals surface area contributed by atoms with Crippen LogP contribution in [0.5, 0.6) is 0 Å². The van der Waals surface area contributed by atoms with Crippen LogP contribution in [0.1, 0.15) is 13.1 Å². The average molecular weight is 533 g/mol. The molecule has 0 spiro atoms. The number of aromatic amines is 1. The van der Waals surface area contributed by atoms with E-state index in [0.717, 1.165) is 0 Å². The zero-order valence-corrected chi connectivity index (χ0v) is 17.8. The smallest absolute Gasteiger partial charge is 0.391 e. The summed E-state index contributed by atoms with van der Waals surface area (Å²) in [5.41, 5.74) is -3.11. The fourth-order valence-corrected chi connectivity index (χ4v) is 5.27. The van der Waals surface area contributed by atoms with Gasteiger partial charge in [0.15, 0.2) is 6.20 Å². The zero-order chi connectivity index (χ0) is 25.6. The molecule has 32 heavy (non-hydrogen) atoms. The van der Waals surface area contributed by atoms with Crippen molar-refractivity contribution in [2.24, 2.45) is 0 Å². The standard InChI is InChI=1S/C10H16FN2O16P3/c11-10(3-26-31(22,23)29-32(24,25)28-30(19,20)21)6(16)5(15)8(27-10)13-1-4(2-14)7(17)12-9(13)18/h1,5-6,8,14-16H,2-3H2,(H,22,23)(H,24,25)(H,12,17,18)(H2,19,20,21)/t5-,6+,8-,10-/m1/s1/i8D. The number of H-pyrrole nitrogens is 1. The molecule has 0 radical (unpaired) electrons. The van der Waals surface area contributed by atoms with Crippen LogP contribution in [0.2, 0.25) is 0 Å². The van der Waals surface area contributed by atoms with E-state index < -0.39 is 77.8 Å². The summed E-state index contributed by atoms with van der Waals surface area (Å²) in [6.45, 7) is -2.91. The molecule has 1 aliphatic rings. The molecule has 1 aromatic heterocycles. The van der Waals surface area contributed by atoms with E-state index >= 15 is 4.39 Å². The Morgan fingerprint density at radius 2 is 1.78 bits per heavy atom. The monoisotopic (exact) mass is 533 g/mol. The highest BCUT2D eigenvalue weighted by atomic mass is 31.3. The number of nitrogens with zero attached hydrogens (tertiary/aromatic N) is 1. The van der Waals surface area contributed by atoms with E-state index in [4.69, 9.17) is 21.2 Å². The third-order valence-corrected chi connectivity index (χ3v) is 7.31. The molecule has 8 N–H and O–H groups in total. The molecular formula is C10H16FN2O16P3. The molecule has 6 atom stereocenters. The highest BCUT2D eigenvalue weighted by molar-refractivity contribution is 7.66. The molecule has 0 saturated carbocycles. The van der Waals surface area contributed by atoms with Crippen LogP contribution in [-0.4, -0.2) is 69.1 Å². The first kappa shape index (κ1) is 25.5. The average Bonchev–Trinajstić information content (AvgIpc) is 2.79. The van der Waals surface area contributed by atoms with Gasteiger partial charge in [0.05, 0.1) is 13.5 Å². The van der Waals surface area contributed by atoms with Crippen LogP contribution >= 0.6 is 23.5 Å². The van der Waals surface area contributed by atoms with Gasteiger partial charge in [-0.05, 0) is 0 Å². The number of aliphatic hydroxyl groups excluding tert-OH is 3. The summed E-state index contributed by atoms with van der Waals surface area (Å²) in [6, 6.07) is 0. The molecule has 18 nitrogen and oxygen atoms in total. The molecule has 0 aromatic carbocycles. The van der Waals surface area contributed by atoms with E-state index in [2.05, 4.69) is 17.9 Å². The predicted molar refractivity (Wildman–Crippen MR) is 93.0 cm³/mol. The number of ether oxygens (including phenoxy) is 1. The van der Waals surface area contributed by atoms with Crippen LogP contribution < -0.4 is 11.2 Å². The molecule has 2 rings (SSSR count). The van der Waals surface area contributed by atoms with Crippen LogP contribution in [0.25, 0.3) is 0 Å². The summed E-state index contributed by atoms with van der Waals surface area (Å²) >= 11 is 0. The Kier molecular flexibility index (Phi) is 7.36. The van der Waals surface area contributed by atoms with Gasteiger partial charge < -0.3 is 39.6 Å². The zero-order valence-electron chi connectivity index (χ0n) is 16.1. The highest BCUT2D eigenvalue weighted by Crippen LogP contribution is 2.66. The lowest BCUT2D eigenvalue weighted by Crippen LogP contribution is -2.43. The number of phosphoric acid groups is 3. The summed E-state index contributed by atoms with van der Waals surface area (Å²) in [5.74, 6) is -3.79. The number of nitrogens with one attached hydrogen (secondary N) is 1. The van der Waals surface area contributed by atoms with Crippen molar-refractivity contribution in [2.75, 3.05) is 6.61 Å². The van der Waals surface area contributed by atoms with Crippen molar-refractivity contribution >= 4 is 23.5 Å². The Morgan fingerprint density at radius 3 is 2.31 bits per heavy atom. The molecule has 0 bridgehead atoms. The lowest BCUT2D eigenvalue weighted by molar-refractivity contribution is -0.205. The van der Waals surface area contributed by atoms with E-state index in [9.17, 15) is 38.4 Å². The van der Waals surface area contributed by atoms with Gasteiger partial charge in [-0.3, -0.25) is 18.9 Å². The molecule has 1 aromatic rings. The van der Waals surface area contributed by atoms with Crippen molar-refractivity contribution < 1.29 is 72.2 Å². The number of aromatic nitrogens is 2. The van der Waals surface area contributed by atoms with Crippen molar-refractivity contribution in [1.82, 2.24) is 9.55 Å². The summed E-state index contributed by atoms with van der Waals surface area (Å²) < 4.78 is 72.1. The van der Waals surface area contributed by atoms with E-state index in [0.29, 0.717) is 6.20 Å². The third kappa shape index (κ3) is 6.47. The maximum Gasteiger partial charge on any atom is 0.490 e. The molecule has 2 heterocycles. The van der Waals surface area contributed by atoms with Crippen LogP contribution in [0.4, 0.5) is 4.39 Å². The second-order valence-electron chi connectivity index (χ2n) is 5.92. The Labute approximate surface area is 176 Å². The Bertz CT molecular complexity index is 1170. The molecular weight excluding hydrogens is 516 g/mol. The van der Waals surface area contributed by atoms with Gasteiger partial charge in [-0.1, -0.05) is 0 Å². The first-order chi connectivity index (χ1) is 14.8. The minimum absolute atomic E-state index is 0.0694. The Hall–Kier alpha value is -1.14. The maximum absolute atomic E-state index is 15.1. The number of phosphoric ester groups is 1. The summed E-state index contributed by atoms with van der Waals surface area (Å²) in [4.78, 5) is 60.4. The number of hydrogen-bond donors (Lipinski definition) is 8. The molecule has 0 aliphatic carbocycles. The lowest BCUT2D eigenvalue weighted by Gasteiger charge is -2.24. The first-order valence-corrected chi connectivity index (χ1v) is 12.3. The molecule has 184 valence electrons. The van der Waals surface area contributed by atoms with Gasteiger partial charge in [-0.25, -0.2) is 22.9 Å². The van der Waals surface area contributed by atoms with Crippen molar-refractivity contribution in [3.63, 3.8) is 0 Å². The van der Waals surface area contributed by atoms with Gasteiger partial charge in [0.1, 0.15) is 18.8 Å². The molecule has 0 amide bonds. The van der Waals surface area contributed by atoms with Crippen molar-refractivity contribution in [2.45, 2.75) is 30.9 Å². The minimum Gasteiger partial charge on any atom is -0.391 e. The van der Waals surface area contributed by atoms with Gasteiger partial charge in [0.2, 0.25) is 0 Å². The van der Waals surface area contributed by atoms with E-state index in [1.165, 1.54) is 0 Å². The topological polar surface area (TPSA) is 285 Å². The second-order valence-corrected chi connectivity index (χ2v) is 10.3. The van der Waals surface area contributed by atoms with Crippen molar-refractivity contribution in [1.29, 1.82) is 0 Å². The molecule has 1 saturated heterocycles. The van der Waals surface area contributed by atoms with Gasteiger partial charge in [-0.2, -0.15) is 8.62 Å². The number of alkyl halides is 1. The quantitative estimate of drug-likeness (QED) is 0.150. The number of aliphatic hydroxyl groups is 3. The van der Waals surface area contributed by atoms with Gasteiger partial charge in [0, 0.05) is 6.20 Å². The Balaban J connectivity index is 2.29. The van der Waals surface area contributed by atoms with Crippen molar-refractivity contribution in [3.8, 4) is 0 Å².